The lowest BCUT2D eigenvalue weighted by atomic mass is 10.2. The maximum atomic E-state index is 14.8. The lowest BCUT2D eigenvalue weighted by Crippen LogP contribution is -2.32. The molecule has 1 N–H and O–H groups in total. The van der Waals surface area contributed by atoms with Crippen molar-refractivity contribution < 1.29 is 18.3 Å². The first-order chi connectivity index (χ1) is 13.4. The summed E-state index contributed by atoms with van der Waals surface area (Å²) in [7, 11) is 0. The molecular weight excluding hydrogens is 385 g/mol. The first-order valence-corrected chi connectivity index (χ1v) is 8.98. The molecule has 2 aromatic carbocycles. The number of hydrogen-bond donors (Lipinski definition) is 1. The van der Waals surface area contributed by atoms with Gasteiger partial charge in [0.15, 0.2) is 5.58 Å². The number of benzene rings is 2. The van der Waals surface area contributed by atoms with E-state index in [-0.39, 0.29) is 12.2 Å². The van der Waals surface area contributed by atoms with Crippen molar-refractivity contribution in [3.05, 3.63) is 58.8 Å². The number of nitrogens with one attached hydrogen (secondary N) is 1. The molecule has 1 aromatic heterocycles. The highest BCUT2D eigenvalue weighted by molar-refractivity contribution is 7.80. The molecule has 28 heavy (non-hydrogen) atoms. The van der Waals surface area contributed by atoms with Gasteiger partial charge in [0.2, 0.25) is 0 Å². The van der Waals surface area contributed by atoms with E-state index in [4.69, 9.17) is 21.4 Å². The van der Waals surface area contributed by atoms with Crippen LogP contribution in [-0.2, 0) is 4.74 Å². The maximum absolute atomic E-state index is 14.8. The molecule has 1 atom stereocenters. The Labute approximate surface area is 164 Å². The minimum Gasteiger partial charge on any atom is -0.442 e. The Bertz CT molecular complexity index is 1140. The lowest BCUT2D eigenvalue weighted by molar-refractivity contribution is 0.143. The van der Waals surface area contributed by atoms with E-state index < -0.39 is 23.8 Å². The molecule has 0 saturated carbocycles. The van der Waals surface area contributed by atoms with E-state index in [2.05, 4.69) is 5.32 Å². The Kier molecular flexibility index (Phi) is 4.60. The molecule has 1 aliphatic heterocycles. The average Bonchev–Trinajstić information content (AvgIpc) is 3.19. The number of para-hydroxylation sites is 2. The lowest BCUT2D eigenvalue weighted by Gasteiger charge is -2.14. The van der Waals surface area contributed by atoms with Gasteiger partial charge in [-0.1, -0.05) is 24.4 Å². The van der Waals surface area contributed by atoms with Gasteiger partial charge in [-0.3, -0.25) is 4.90 Å². The molecular formula is C19H16FN3O4S. The zero-order valence-corrected chi connectivity index (χ0v) is 15.7. The normalized spacial score (nSPS) is 16.4. The first-order valence-electron chi connectivity index (χ1n) is 8.57. The second kappa shape index (κ2) is 7.08. The number of fused-ring (bicyclic) bond motifs is 1. The van der Waals surface area contributed by atoms with Gasteiger partial charge >= 0.3 is 11.8 Å². The zero-order chi connectivity index (χ0) is 19.8. The molecule has 7 nitrogen and oxygen atoms in total. The van der Waals surface area contributed by atoms with E-state index in [1.807, 2.05) is 0 Å². The summed E-state index contributed by atoms with van der Waals surface area (Å²) in [5.41, 5.74) is 1.21. The molecule has 9 heteroatoms. The SMILES string of the molecule is CC(=S)NC[C@@H]1CN(c2ccc(-n3c(=O)oc4ccccc43)c(F)c2)C(=O)O1. The highest BCUT2D eigenvalue weighted by Gasteiger charge is 2.32. The summed E-state index contributed by atoms with van der Waals surface area (Å²) in [5, 5.41) is 2.95. The van der Waals surface area contributed by atoms with Crippen LogP contribution in [0.2, 0.25) is 0 Å². The molecule has 4 rings (SSSR count). The van der Waals surface area contributed by atoms with E-state index in [1.54, 1.807) is 37.3 Å². The topological polar surface area (TPSA) is 76.7 Å². The van der Waals surface area contributed by atoms with Gasteiger partial charge in [-0.05, 0) is 37.3 Å². The summed E-state index contributed by atoms with van der Waals surface area (Å²) in [6.07, 6.45) is -0.958. The van der Waals surface area contributed by atoms with Crippen LogP contribution in [0.15, 0.2) is 51.7 Å². The quantitative estimate of drug-likeness (QED) is 0.678. The van der Waals surface area contributed by atoms with Crippen LogP contribution in [0.3, 0.4) is 0 Å². The van der Waals surface area contributed by atoms with Crippen molar-refractivity contribution in [3.8, 4) is 5.69 Å². The number of halogens is 1. The van der Waals surface area contributed by atoms with Crippen LogP contribution < -0.4 is 16.0 Å². The molecule has 0 spiro atoms. The van der Waals surface area contributed by atoms with Crippen LogP contribution in [0.25, 0.3) is 16.8 Å². The van der Waals surface area contributed by atoms with Crippen LogP contribution in [0.4, 0.5) is 14.9 Å². The van der Waals surface area contributed by atoms with Crippen molar-refractivity contribution in [1.82, 2.24) is 9.88 Å². The Hall–Kier alpha value is -3.20. The summed E-state index contributed by atoms with van der Waals surface area (Å²) in [4.78, 5) is 26.3. The zero-order valence-electron chi connectivity index (χ0n) is 14.8. The number of anilines is 1. The third kappa shape index (κ3) is 3.24. The predicted molar refractivity (Wildman–Crippen MR) is 106 cm³/mol. The molecule has 1 amide bonds. The average molecular weight is 401 g/mol. The van der Waals surface area contributed by atoms with Crippen molar-refractivity contribution in [3.63, 3.8) is 0 Å². The van der Waals surface area contributed by atoms with Crippen molar-refractivity contribution >= 4 is 40.1 Å². The highest BCUT2D eigenvalue weighted by atomic mass is 32.1. The summed E-state index contributed by atoms with van der Waals surface area (Å²) < 4.78 is 26.4. The fourth-order valence-electron chi connectivity index (χ4n) is 3.14. The molecule has 1 saturated heterocycles. The largest absolute Gasteiger partial charge is 0.442 e. The van der Waals surface area contributed by atoms with E-state index in [0.29, 0.717) is 28.3 Å². The van der Waals surface area contributed by atoms with Gasteiger partial charge in [-0.15, -0.1) is 0 Å². The Morgan fingerprint density at radius 1 is 1.29 bits per heavy atom. The number of nitrogens with zero attached hydrogens (tertiary/aromatic N) is 2. The Morgan fingerprint density at radius 3 is 2.82 bits per heavy atom. The van der Waals surface area contributed by atoms with E-state index in [0.717, 1.165) is 4.57 Å². The van der Waals surface area contributed by atoms with Gasteiger partial charge in [0, 0.05) is 0 Å². The Morgan fingerprint density at radius 2 is 2.07 bits per heavy atom. The number of oxazole rings is 1. The van der Waals surface area contributed by atoms with Crippen LogP contribution >= 0.6 is 12.2 Å². The number of thiocarbonyl (C=S) groups is 1. The number of cyclic esters (lactones) is 1. The Balaban J connectivity index is 1.63. The van der Waals surface area contributed by atoms with Crippen LogP contribution in [-0.4, -0.2) is 34.8 Å². The summed E-state index contributed by atoms with van der Waals surface area (Å²) >= 11 is 4.95. The van der Waals surface area contributed by atoms with Gasteiger partial charge < -0.3 is 14.5 Å². The smallest absolute Gasteiger partial charge is 0.424 e. The number of carbonyl (C=O) groups is 1. The van der Waals surface area contributed by atoms with Crippen molar-refractivity contribution in [2.24, 2.45) is 0 Å². The van der Waals surface area contributed by atoms with Crippen LogP contribution in [0, 0.1) is 5.82 Å². The van der Waals surface area contributed by atoms with Gasteiger partial charge in [0.25, 0.3) is 0 Å². The predicted octanol–water partition coefficient (Wildman–Crippen LogP) is 2.98. The van der Waals surface area contributed by atoms with E-state index in [9.17, 15) is 14.0 Å². The van der Waals surface area contributed by atoms with Gasteiger partial charge in [-0.2, -0.15) is 0 Å². The number of aromatic nitrogens is 1. The fourth-order valence-corrected chi connectivity index (χ4v) is 3.22. The molecule has 0 bridgehead atoms. The number of carbonyl (C=O) groups excluding carboxylic acids is 1. The van der Waals surface area contributed by atoms with Gasteiger partial charge in [-0.25, -0.2) is 18.5 Å². The van der Waals surface area contributed by atoms with Crippen molar-refractivity contribution in [1.29, 1.82) is 0 Å². The number of rotatable bonds is 4. The van der Waals surface area contributed by atoms with Gasteiger partial charge in [0.05, 0.1) is 35.0 Å². The third-order valence-corrected chi connectivity index (χ3v) is 4.57. The standard InChI is InChI=1S/C19H16FN3O4S/c1-11(28)21-9-13-10-22(18(24)26-13)12-6-7-15(14(20)8-12)23-16-4-2-3-5-17(16)27-19(23)25/h2-8,13H,9-10H2,1H3,(H,21,28)/t13-/m1/s1. The minimum absolute atomic E-state index is 0.0424. The summed E-state index contributed by atoms with van der Waals surface area (Å²) in [6.45, 7) is 2.38. The monoisotopic (exact) mass is 401 g/mol. The molecule has 144 valence electrons. The first kappa shape index (κ1) is 18.2. The molecule has 1 aliphatic rings. The number of hydrogen-bond acceptors (Lipinski definition) is 5. The second-order valence-corrected chi connectivity index (χ2v) is 6.97. The minimum atomic E-state index is -0.685. The maximum Gasteiger partial charge on any atom is 0.424 e. The third-order valence-electron chi connectivity index (χ3n) is 4.42. The van der Waals surface area contributed by atoms with E-state index in [1.165, 1.54) is 17.0 Å². The molecule has 0 unspecified atom stereocenters. The molecule has 0 radical (unpaired) electrons. The highest BCUT2D eigenvalue weighted by Crippen LogP contribution is 2.26. The molecule has 3 aromatic rings. The molecule has 0 aliphatic carbocycles. The van der Waals surface area contributed by atoms with Crippen LogP contribution in [0.1, 0.15) is 6.92 Å². The summed E-state index contributed by atoms with van der Waals surface area (Å²) in [6, 6.07) is 11.0. The molecule has 2 heterocycles. The summed E-state index contributed by atoms with van der Waals surface area (Å²) in [5.74, 6) is -1.34. The number of ether oxygens (including phenoxy) is 1. The van der Waals surface area contributed by atoms with Gasteiger partial charge in [0.1, 0.15) is 11.9 Å². The second-order valence-electron chi connectivity index (χ2n) is 6.36. The molecule has 1 fully saturated rings. The van der Waals surface area contributed by atoms with E-state index >= 15 is 0 Å². The van der Waals surface area contributed by atoms with Crippen LogP contribution in [0.5, 0.6) is 0 Å². The van der Waals surface area contributed by atoms with Crippen molar-refractivity contribution in [2.75, 3.05) is 18.0 Å². The van der Waals surface area contributed by atoms with Crippen molar-refractivity contribution in [2.45, 2.75) is 13.0 Å². The number of amides is 1. The fraction of sp³-hybridized carbons (Fsp3) is 0.211.